The molecule has 12 heteroatoms. The lowest BCUT2D eigenvalue weighted by molar-refractivity contribution is -0.131. The molecule has 45 heavy (non-hydrogen) atoms. The first kappa shape index (κ1) is 31.2. The molecule has 0 bridgehead atoms. The monoisotopic (exact) mass is 633 g/mol. The summed E-state index contributed by atoms with van der Waals surface area (Å²) in [6.07, 6.45) is 0.0609. The smallest absolute Gasteiger partial charge is 0.318 e. The summed E-state index contributed by atoms with van der Waals surface area (Å²) in [5.74, 6) is -1.16. The van der Waals surface area contributed by atoms with Gasteiger partial charge in [0.05, 0.1) is 24.4 Å². The molecule has 3 aromatic rings. The zero-order valence-electron chi connectivity index (χ0n) is 25.7. The van der Waals surface area contributed by atoms with E-state index in [4.69, 9.17) is 37.6 Å². The van der Waals surface area contributed by atoms with Crippen molar-refractivity contribution in [2.45, 2.75) is 37.3 Å². The summed E-state index contributed by atoms with van der Waals surface area (Å²) in [4.78, 5) is 33.8. The number of aromatic nitrogens is 2. The van der Waals surface area contributed by atoms with Crippen molar-refractivity contribution in [2.75, 3.05) is 65.3 Å². The highest BCUT2D eigenvalue weighted by Gasteiger charge is 2.38. The number of nitrogens with zero attached hydrogens (tertiary/aromatic N) is 7. The molecule has 2 fully saturated rings. The van der Waals surface area contributed by atoms with Gasteiger partial charge in [-0.05, 0) is 38.2 Å². The van der Waals surface area contributed by atoms with Crippen LogP contribution in [0.4, 0.5) is 10.2 Å². The number of hydrogen-bond acceptors (Lipinski definition) is 8. The normalized spacial score (nSPS) is 23.7. The number of halogens is 2. The molecule has 3 aliphatic rings. The molecule has 4 heterocycles. The molecule has 1 amide bonds. The van der Waals surface area contributed by atoms with Crippen LogP contribution in [0, 0.1) is 6.57 Å². The lowest BCUT2D eigenvalue weighted by Gasteiger charge is -2.40. The van der Waals surface area contributed by atoms with E-state index in [-0.39, 0.29) is 44.0 Å². The number of carbonyl (C=O) groups excluding carboxylic acids is 1. The minimum atomic E-state index is -1.03. The number of hydrogen-bond donors (Lipinski definition) is 0. The third kappa shape index (κ3) is 6.20. The van der Waals surface area contributed by atoms with E-state index >= 15 is 0 Å². The SMILES string of the molecule is [C-]#[N+]C[C@H]1CN(c2nc(O[C@H]3CN(C)C[C@@H]3N(C)C)nc3c2COC(c2cccc4cccc(Cl)c24)C3)CCN1C(=O)C(=C)F. The Kier molecular flexibility index (Phi) is 8.93. The molecule has 6 rings (SSSR count). The summed E-state index contributed by atoms with van der Waals surface area (Å²) >= 11 is 6.68. The summed E-state index contributed by atoms with van der Waals surface area (Å²) in [6.45, 7) is 13.5. The van der Waals surface area contributed by atoms with Crippen LogP contribution in [-0.4, -0.2) is 109 Å². The van der Waals surface area contributed by atoms with E-state index in [1.54, 1.807) is 0 Å². The first-order valence-corrected chi connectivity index (χ1v) is 15.5. The van der Waals surface area contributed by atoms with Crippen LogP contribution in [0.15, 0.2) is 48.8 Å². The Morgan fingerprint density at radius 2 is 1.98 bits per heavy atom. The van der Waals surface area contributed by atoms with Crippen LogP contribution in [0.3, 0.4) is 0 Å². The first-order chi connectivity index (χ1) is 21.6. The fourth-order valence-electron chi connectivity index (χ4n) is 6.76. The molecule has 1 unspecified atom stereocenters. The number of piperazine rings is 1. The Labute approximate surface area is 267 Å². The number of rotatable bonds is 7. The van der Waals surface area contributed by atoms with Gasteiger partial charge < -0.3 is 33.9 Å². The van der Waals surface area contributed by atoms with Crippen LogP contribution in [0.25, 0.3) is 15.6 Å². The topological polar surface area (TPSA) is 78.6 Å². The number of likely N-dealkylation sites (N-methyl/N-ethyl adjacent to an activating group) is 2. The number of ether oxygens (including phenoxy) is 2. The van der Waals surface area contributed by atoms with E-state index in [2.05, 4.69) is 28.3 Å². The Hall–Kier alpha value is -3.82. The van der Waals surface area contributed by atoms with Crippen molar-refractivity contribution in [3.8, 4) is 6.01 Å². The van der Waals surface area contributed by atoms with Crippen LogP contribution < -0.4 is 9.64 Å². The Morgan fingerprint density at radius 1 is 1.20 bits per heavy atom. The lowest BCUT2D eigenvalue weighted by Crippen LogP contribution is -2.57. The second-order valence-corrected chi connectivity index (χ2v) is 12.6. The maximum absolute atomic E-state index is 13.9. The zero-order chi connectivity index (χ0) is 31.8. The summed E-state index contributed by atoms with van der Waals surface area (Å²) in [5, 5.41) is 2.66. The van der Waals surface area contributed by atoms with Gasteiger partial charge in [0.15, 0.2) is 5.83 Å². The molecule has 0 spiro atoms. The Bertz CT molecular complexity index is 1660. The second kappa shape index (κ2) is 12.9. The lowest BCUT2D eigenvalue weighted by atomic mass is 9.94. The predicted octanol–water partition coefficient (Wildman–Crippen LogP) is 4.14. The third-order valence-corrected chi connectivity index (χ3v) is 9.32. The third-order valence-electron chi connectivity index (χ3n) is 9.01. The average Bonchev–Trinajstić information content (AvgIpc) is 3.40. The highest BCUT2D eigenvalue weighted by molar-refractivity contribution is 6.35. The summed E-state index contributed by atoms with van der Waals surface area (Å²) in [6, 6.07) is 11.9. The van der Waals surface area contributed by atoms with Crippen LogP contribution in [0.5, 0.6) is 6.01 Å². The molecule has 236 valence electrons. The van der Waals surface area contributed by atoms with Crippen molar-refractivity contribution < 1.29 is 18.7 Å². The van der Waals surface area contributed by atoms with E-state index in [0.717, 1.165) is 40.7 Å². The van der Waals surface area contributed by atoms with Gasteiger partial charge in [0, 0.05) is 55.1 Å². The van der Waals surface area contributed by atoms with E-state index < -0.39 is 17.8 Å². The van der Waals surface area contributed by atoms with Crippen molar-refractivity contribution in [2.24, 2.45) is 0 Å². The fourth-order valence-corrected chi connectivity index (χ4v) is 7.05. The van der Waals surface area contributed by atoms with E-state index in [1.165, 1.54) is 4.90 Å². The Morgan fingerprint density at radius 3 is 2.71 bits per heavy atom. The Balaban J connectivity index is 1.37. The molecule has 0 radical (unpaired) electrons. The first-order valence-electron chi connectivity index (χ1n) is 15.1. The molecular formula is C33H37ClFN7O3. The number of amides is 1. The quantitative estimate of drug-likeness (QED) is 0.284. The molecule has 0 saturated carbocycles. The van der Waals surface area contributed by atoms with Gasteiger partial charge in [-0.25, -0.2) is 11.0 Å². The molecule has 2 saturated heterocycles. The van der Waals surface area contributed by atoms with Crippen LogP contribution in [0.1, 0.15) is 22.9 Å². The largest absolute Gasteiger partial charge is 0.457 e. The van der Waals surface area contributed by atoms with Crippen molar-refractivity contribution in [1.82, 2.24) is 24.7 Å². The van der Waals surface area contributed by atoms with Crippen molar-refractivity contribution in [3.63, 3.8) is 0 Å². The van der Waals surface area contributed by atoms with Gasteiger partial charge in [0.25, 0.3) is 5.91 Å². The number of carbonyl (C=O) groups is 1. The van der Waals surface area contributed by atoms with Crippen molar-refractivity contribution >= 4 is 34.1 Å². The summed E-state index contributed by atoms with van der Waals surface area (Å²) < 4.78 is 26.9. The van der Waals surface area contributed by atoms with Gasteiger partial charge in [-0.2, -0.15) is 9.97 Å². The highest BCUT2D eigenvalue weighted by Crippen LogP contribution is 2.39. The summed E-state index contributed by atoms with van der Waals surface area (Å²) in [7, 11) is 6.16. The number of fused-ring (bicyclic) bond motifs is 2. The van der Waals surface area contributed by atoms with E-state index in [1.807, 2.05) is 55.4 Å². The van der Waals surface area contributed by atoms with Crippen LogP contribution in [-0.2, 0) is 22.6 Å². The van der Waals surface area contributed by atoms with Crippen molar-refractivity contribution in [3.05, 3.63) is 82.1 Å². The van der Waals surface area contributed by atoms with Gasteiger partial charge >= 0.3 is 6.01 Å². The predicted molar refractivity (Wildman–Crippen MR) is 171 cm³/mol. The zero-order valence-corrected chi connectivity index (χ0v) is 26.5. The molecule has 2 aromatic carbocycles. The number of likely N-dealkylation sites (tertiary alicyclic amines) is 1. The molecular weight excluding hydrogens is 597 g/mol. The van der Waals surface area contributed by atoms with Gasteiger partial charge in [0.2, 0.25) is 6.54 Å². The van der Waals surface area contributed by atoms with Gasteiger partial charge in [-0.3, -0.25) is 4.79 Å². The van der Waals surface area contributed by atoms with Crippen LogP contribution >= 0.6 is 11.6 Å². The van der Waals surface area contributed by atoms with Gasteiger partial charge in [-0.15, -0.1) is 0 Å². The standard InChI is InChI=1S/C33H37ClFN7O3/c1-20(35)32(43)42-13-12-41(16-22(42)15-36-2)31-24-19-44-28(23-10-6-8-21-9-7-11-25(34)30(21)23)14-26(24)37-33(38-31)45-29-18-40(5)17-27(29)39(3)4/h6-11,22,27-29H,1,12-19H2,3-5H3/t22-,27-,28?,29-/m0/s1. The second-order valence-electron chi connectivity index (χ2n) is 12.2. The van der Waals surface area contributed by atoms with E-state index in [9.17, 15) is 9.18 Å². The van der Waals surface area contributed by atoms with Gasteiger partial charge in [-0.1, -0.05) is 48.5 Å². The molecule has 3 aliphatic heterocycles. The minimum Gasteiger partial charge on any atom is -0.457 e. The average molecular weight is 634 g/mol. The molecule has 10 nitrogen and oxygen atoms in total. The minimum absolute atomic E-state index is 0.0332. The van der Waals surface area contributed by atoms with Gasteiger partial charge in [0.1, 0.15) is 18.0 Å². The fraction of sp³-hybridized carbons (Fsp3) is 0.455. The van der Waals surface area contributed by atoms with E-state index in [0.29, 0.717) is 30.4 Å². The summed E-state index contributed by atoms with van der Waals surface area (Å²) in [5.41, 5.74) is 2.65. The number of benzene rings is 2. The molecule has 4 atom stereocenters. The molecule has 0 N–H and O–H groups in total. The maximum atomic E-state index is 13.9. The number of anilines is 1. The maximum Gasteiger partial charge on any atom is 0.318 e. The van der Waals surface area contributed by atoms with Crippen molar-refractivity contribution in [1.29, 1.82) is 0 Å². The molecule has 1 aromatic heterocycles. The van der Waals surface area contributed by atoms with Crippen LogP contribution in [0.2, 0.25) is 5.02 Å². The molecule has 0 aliphatic carbocycles. The highest BCUT2D eigenvalue weighted by atomic mass is 35.5.